The lowest BCUT2D eigenvalue weighted by molar-refractivity contribution is -0.136. The number of rotatable bonds is 3. The van der Waals surface area contributed by atoms with Gasteiger partial charge in [-0.3, -0.25) is 4.79 Å². The van der Waals surface area contributed by atoms with E-state index in [1.165, 1.54) is 12.7 Å². The number of ketones is 1. The van der Waals surface area contributed by atoms with Crippen molar-refractivity contribution in [2.45, 2.75) is 45.4 Å². The summed E-state index contributed by atoms with van der Waals surface area (Å²) in [6, 6.07) is 12.0. The van der Waals surface area contributed by atoms with Crippen molar-refractivity contribution in [2.75, 3.05) is 7.11 Å². The maximum atomic E-state index is 13.3. The lowest BCUT2D eigenvalue weighted by Gasteiger charge is -2.35. The van der Waals surface area contributed by atoms with Crippen LogP contribution in [0.2, 0.25) is 0 Å². The SMILES string of the molecule is COC(=O)C1=C(C)NC2=C(C(=O)C[C@H](c3ccc(C)cc3)C2)[C@@H]1c1ccc(C)o1. The lowest BCUT2D eigenvalue weighted by Crippen LogP contribution is -2.35. The molecule has 1 aliphatic heterocycles. The predicted octanol–water partition coefficient (Wildman–Crippen LogP) is 4.43. The second-order valence-corrected chi connectivity index (χ2v) is 7.87. The van der Waals surface area contributed by atoms with Gasteiger partial charge in [0.25, 0.3) is 0 Å². The van der Waals surface area contributed by atoms with Crippen molar-refractivity contribution in [1.82, 2.24) is 5.32 Å². The zero-order valence-electron chi connectivity index (χ0n) is 17.2. The Kier molecular flexibility index (Phi) is 4.91. The van der Waals surface area contributed by atoms with Gasteiger partial charge in [-0.05, 0) is 50.8 Å². The van der Waals surface area contributed by atoms with Gasteiger partial charge < -0.3 is 14.5 Å². The summed E-state index contributed by atoms with van der Waals surface area (Å²) in [6.07, 6.45) is 1.12. The normalized spacial score (nSPS) is 21.7. The Morgan fingerprint density at radius 1 is 1.07 bits per heavy atom. The maximum Gasteiger partial charge on any atom is 0.336 e. The third kappa shape index (κ3) is 3.41. The number of furan rings is 1. The van der Waals surface area contributed by atoms with Crippen LogP contribution in [0.15, 0.2) is 63.4 Å². The number of aryl methyl sites for hydroxylation is 2. The molecule has 29 heavy (non-hydrogen) atoms. The summed E-state index contributed by atoms with van der Waals surface area (Å²) in [4.78, 5) is 25.9. The van der Waals surface area contributed by atoms with Crippen molar-refractivity contribution < 1.29 is 18.7 Å². The minimum Gasteiger partial charge on any atom is -0.466 e. The number of benzene rings is 1. The highest BCUT2D eigenvalue weighted by Crippen LogP contribution is 2.45. The molecule has 2 heterocycles. The Morgan fingerprint density at radius 2 is 1.79 bits per heavy atom. The largest absolute Gasteiger partial charge is 0.466 e. The molecule has 0 saturated heterocycles. The van der Waals surface area contributed by atoms with Crippen LogP contribution in [0.25, 0.3) is 0 Å². The molecule has 5 nitrogen and oxygen atoms in total. The number of ether oxygens (including phenoxy) is 1. The Morgan fingerprint density at radius 3 is 2.41 bits per heavy atom. The molecule has 4 rings (SSSR count). The number of nitrogens with one attached hydrogen (secondary N) is 1. The molecule has 5 heteroatoms. The van der Waals surface area contributed by atoms with Crippen LogP contribution in [0.1, 0.15) is 54.2 Å². The first-order valence-corrected chi connectivity index (χ1v) is 9.84. The standard InChI is InChI=1S/C24H25NO4/c1-13-5-8-16(9-6-13)17-11-18-22(19(26)12-17)23(20-10-7-14(2)29-20)21(15(3)25-18)24(27)28-4/h5-10,17,23,25H,11-12H2,1-4H3/t17-,23-/m1/s1. The molecule has 0 amide bonds. The van der Waals surface area contributed by atoms with E-state index < -0.39 is 11.9 Å². The van der Waals surface area contributed by atoms with Crippen molar-refractivity contribution >= 4 is 11.8 Å². The van der Waals surface area contributed by atoms with Gasteiger partial charge in [0, 0.05) is 23.4 Å². The average Bonchev–Trinajstić information content (AvgIpc) is 3.12. The van der Waals surface area contributed by atoms with Gasteiger partial charge in [0.2, 0.25) is 0 Å². The van der Waals surface area contributed by atoms with Crippen LogP contribution < -0.4 is 5.32 Å². The highest BCUT2D eigenvalue weighted by Gasteiger charge is 2.42. The number of hydrogen-bond donors (Lipinski definition) is 1. The van der Waals surface area contributed by atoms with Crippen LogP contribution in [0, 0.1) is 13.8 Å². The van der Waals surface area contributed by atoms with Crippen LogP contribution in [0.5, 0.6) is 0 Å². The Balaban J connectivity index is 1.78. The van der Waals surface area contributed by atoms with E-state index in [1.807, 2.05) is 26.0 Å². The zero-order chi connectivity index (χ0) is 20.7. The number of methoxy groups -OCH3 is 1. The van der Waals surface area contributed by atoms with Crippen molar-refractivity contribution in [3.8, 4) is 0 Å². The van der Waals surface area contributed by atoms with Crippen molar-refractivity contribution in [1.29, 1.82) is 0 Å². The zero-order valence-corrected chi connectivity index (χ0v) is 17.2. The summed E-state index contributed by atoms with van der Waals surface area (Å²) < 4.78 is 10.9. The third-order valence-corrected chi connectivity index (χ3v) is 5.83. The highest BCUT2D eigenvalue weighted by atomic mass is 16.5. The second kappa shape index (κ2) is 7.39. The van der Waals surface area contributed by atoms with Crippen molar-refractivity contribution in [3.63, 3.8) is 0 Å². The van der Waals surface area contributed by atoms with E-state index in [-0.39, 0.29) is 11.7 Å². The average molecular weight is 391 g/mol. The third-order valence-electron chi connectivity index (χ3n) is 5.83. The molecule has 0 unspecified atom stereocenters. The molecule has 1 aromatic carbocycles. The fourth-order valence-electron chi connectivity index (χ4n) is 4.39. The number of allylic oxidation sites excluding steroid dienone is 3. The highest BCUT2D eigenvalue weighted by molar-refractivity contribution is 6.04. The summed E-state index contributed by atoms with van der Waals surface area (Å²) in [6.45, 7) is 5.75. The Hall–Kier alpha value is -3.08. The van der Waals surface area contributed by atoms with Gasteiger partial charge in [-0.2, -0.15) is 0 Å². The summed E-state index contributed by atoms with van der Waals surface area (Å²) in [5.74, 6) is 0.493. The molecule has 0 spiro atoms. The molecular weight excluding hydrogens is 366 g/mol. The van der Waals surface area contributed by atoms with Crippen LogP contribution in [0.3, 0.4) is 0 Å². The second-order valence-electron chi connectivity index (χ2n) is 7.87. The first kappa shape index (κ1) is 19.2. The van der Waals surface area contributed by atoms with Crippen molar-refractivity contribution in [3.05, 3.63) is 81.6 Å². The summed E-state index contributed by atoms with van der Waals surface area (Å²) in [5, 5.41) is 3.33. The Bertz CT molecular complexity index is 1040. The topological polar surface area (TPSA) is 68.5 Å². The van der Waals surface area contributed by atoms with Gasteiger partial charge in [0.15, 0.2) is 5.78 Å². The fraction of sp³-hybridized carbons (Fsp3) is 0.333. The molecule has 1 aromatic heterocycles. The van der Waals surface area contributed by atoms with Gasteiger partial charge in [0.1, 0.15) is 11.5 Å². The molecule has 1 N–H and O–H groups in total. The number of carbonyl (C=O) groups excluding carboxylic acids is 2. The summed E-state index contributed by atoms with van der Waals surface area (Å²) >= 11 is 0. The maximum absolute atomic E-state index is 13.3. The van der Waals surface area contributed by atoms with E-state index in [9.17, 15) is 9.59 Å². The van der Waals surface area contributed by atoms with Crippen LogP contribution >= 0.6 is 0 Å². The van der Waals surface area contributed by atoms with E-state index in [2.05, 4.69) is 36.5 Å². The predicted molar refractivity (Wildman–Crippen MR) is 109 cm³/mol. The van der Waals surface area contributed by atoms with Gasteiger partial charge in [0.05, 0.1) is 18.6 Å². The quantitative estimate of drug-likeness (QED) is 0.784. The summed E-state index contributed by atoms with van der Waals surface area (Å²) in [7, 11) is 1.35. The molecule has 0 saturated carbocycles. The molecule has 2 aliphatic rings. The molecule has 2 aromatic rings. The van der Waals surface area contributed by atoms with E-state index in [0.717, 1.165) is 17.0 Å². The molecule has 150 valence electrons. The number of carbonyl (C=O) groups is 2. The van der Waals surface area contributed by atoms with Gasteiger partial charge >= 0.3 is 5.97 Å². The van der Waals surface area contributed by atoms with Crippen molar-refractivity contribution in [2.24, 2.45) is 0 Å². The molecule has 0 radical (unpaired) electrons. The van der Waals surface area contributed by atoms with Crippen LogP contribution in [0.4, 0.5) is 0 Å². The fourth-order valence-corrected chi connectivity index (χ4v) is 4.39. The lowest BCUT2D eigenvalue weighted by atomic mass is 9.73. The van der Waals surface area contributed by atoms with E-state index in [4.69, 9.17) is 9.15 Å². The number of esters is 1. The Labute approximate surface area is 170 Å². The first-order valence-electron chi connectivity index (χ1n) is 9.84. The monoisotopic (exact) mass is 391 g/mol. The first-order chi connectivity index (χ1) is 13.9. The minimum atomic E-state index is -0.543. The van der Waals surface area contributed by atoms with Crippen LogP contribution in [-0.2, 0) is 14.3 Å². The van der Waals surface area contributed by atoms with E-state index >= 15 is 0 Å². The number of Topliss-reactive ketones (excluding diaryl/α,β-unsaturated/α-hetero) is 1. The van der Waals surface area contributed by atoms with Crippen LogP contribution in [-0.4, -0.2) is 18.9 Å². The van der Waals surface area contributed by atoms with Gasteiger partial charge in [-0.15, -0.1) is 0 Å². The van der Waals surface area contributed by atoms with Gasteiger partial charge in [-0.1, -0.05) is 29.8 Å². The molecule has 0 fully saturated rings. The van der Waals surface area contributed by atoms with E-state index in [0.29, 0.717) is 35.4 Å². The minimum absolute atomic E-state index is 0.0391. The molecular formula is C24H25NO4. The molecule has 2 atom stereocenters. The van der Waals surface area contributed by atoms with Gasteiger partial charge in [-0.25, -0.2) is 4.79 Å². The smallest absolute Gasteiger partial charge is 0.336 e. The molecule has 0 bridgehead atoms. The summed E-state index contributed by atoms with van der Waals surface area (Å²) in [5.41, 5.74) is 4.98. The number of hydrogen-bond acceptors (Lipinski definition) is 5. The van der Waals surface area contributed by atoms with E-state index in [1.54, 1.807) is 0 Å². The number of dihydropyridines is 1. The molecule has 1 aliphatic carbocycles.